The highest BCUT2D eigenvalue weighted by Crippen LogP contribution is 2.48. The van der Waals surface area contributed by atoms with Crippen LogP contribution < -0.4 is 5.32 Å². The van der Waals surface area contributed by atoms with Crippen LogP contribution in [0.25, 0.3) is 0 Å². The van der Waals surface area contributed by atoms with Gasteiger partial charge >= 0.3 is 5.97 Å². The smallest absolute Gasteiger partial charge is 0.320 e. The van der Waals surface area contributed by atoms with E-state index in [1.807, 2.05) is 0 Å². The first-order valence-corrected chi connectivity index (χ1v) is 8.92. The number of rotatable bonds is 7. The van der Waals surface area contributed by atoms with Crippen molar-refractivity contribution in [3.8, 4) is 0 Å². The molecule has 4 nitrogen and oxygen atoms in total. The average molecular weight is 314 g/mol. The molecule has 3 atom stereocenters. The molecule has 1 aromatic rings. The van der Waals surface area contributed by atoms with Gasteiger partial charge in [-0.25, -0.2) is 0 Å². The van der Waals surface area contributed by atoms with Crippen LogP contribution in [0.4, 0.5) is 0 Å². The molecule has 3 fully saturated rings. The van der Waals surface area contributed by atoms with Crippen LogP contribution in [0.1, 0.15) is 43.6 Å². The van der Waals surface area contributed by atoms with Gasteiger partial charge in [0.2, 0.25) is 0 Å². The molecule has 2 saturated carbocycles. The van der Waals surface area contributed by atoms with Crippen LogP contribution in [0, 0.1) is 5.41 Å². The number of hydrogen-bond donors (Lipinski definition) is 2. The van der Waals surface area contributed by atoms with Crippen molar-refractivity contribution in [2.45, 2.75) is 50.1 Å². The van der Waals surface area contributed by atoms with E-state index < -0.39 is 5.97 Å². The summed E-state index contributed by atoms with van der Waals surface area (Å²) in [5, 5.41) is 13.1. The molecule has 4 heteroatoms. The topological polar surface area (TPSA) is 52.6 Å². The molecule has 0 amide bonds. The van der Waals surface area contributed by atoms with E-state index in [-0.39, 0.29) is 6.04 Å². The van der Waals surface area contributed by atoms with Crippen molar-refractivity contribution < 1.29 is 9.90 Å². The lowest BCUT2D eigenvalue weighted by atomic mass is 10.1. The van der Waals surface area contributed by atoms with Crippen molar-refractivity contribution in [2.24, 2.45) is 5.41 Å². The Bertz CT molecular complexity index is 570. The Kier molecular flexibility index (Phi) is 3.90. The second kappa shape index (κ2) is 5.91. The molecule has 124 valence electrons. The minimum Gasteiger partial charge on any atom is -0.480 e. The summed E-state index contributed by atoms with van der Waals surface area (Å²) in [5.41, 5.74) is 1.78. The highest BCUT2D eigenvalue weighted by Gasteiger charge is 2.48. The van der Waals surface area contributed by atoms with Crippen LogP contribution in [0.3, 0.4) is 0 Å². The summed E-state index contributed by atoms with van der Waals surface area (Å²) < 4.78 is 0. The van der Waals surface area contributed by atoms with Crippen LogP contribution in [0.5, 0.6) is 0 Å². The molecular formula is C19H26N2O2. The summed E-state index contributed by atoms with van der Waals surface area (Å²) >= 11 is 0. The number of benzene rings is 1. The van der Waals surface area contributed by atoms with Gasteiger partial charge in [-0.05, 0) is 49.6 Å². The van der Waals surface area contributed by atoms with Crippen LogP contribution in [0.15, 0.2) is 30.3 Å². The van der Waals surface area contributed by atoms with Gasteiger partial charge in [0, 0.05) is 25.0 Å². The van der Waals surface area contributed by atoms with Crippen molar-refractivity contribution >= 4 is 5.97 Å². The van der Waals surface area contributed by atoms with Crippen LogP contribution in [-0.4, -0.2) is 47.7 Å². The van der Waals surface area contributed by atoms with Gasteiger partial charge in [-0.15, -0.1) is 0 Å². The fourth-order valence-corrected chi connectivity index (χ4v) is 4.13. The molecule has 0 spiro atoms. The Morgan fingerprint density at radius 3 is 2.78 bits per heavy atom. The van der Waals surface area contributed by atoms with Crippen LogP contribution >= 0.6 is 0 Å². The van der Waals surface area contributed by atoms with E-state index in [2.05, 4.69) is 40.5 Å². The molecule has 1 heterocycles. The molecule has 2 unspecified atom stereocenters. The summed E-state index contributed by atoms with van der Waals surface area (Å²) in [5.74, 6) is 0.0307. The lowest BCUT2D eigenvalue weighted by molar-refractivity contribution is -0.142. The number of hydrogen-bond acceptors (Lipinski definition) is 3. The summed E-state index contributed by atoms with van der Waals surface area (Å²) in [6.07, 6.45) is 5.56. The maximum absolute atomic E-state index is 11.3. The molecule has 3 aliphatic rings. The maximum atomic E-state index is 11.3. The van der Waals surface area contributed by atoms with Gasteiger partial charge in [0.15, 0.2) is 0 Å². The van der Waals surface area contributed by atoms with Crippen molar-refractivity contribution in [2.75, 3.05) is 19.6 Å². The van der Waals surface area contributed by atoms with Gasteiger partial charge in [0.05, 0.1) is 0 Å². The molecule has 0 radical (unpaired) electrons. The summed E-state index contributed by atoms with van der Waals surface area (Å²) in [7, 11) is 0. The van der Waals surface area contributed by atoms with Gasteiger partial charge in [0.1, 0.15) is 6.04 Å². The molecular weight excluding hydrogens is 288 g/mol. The van der Waals surface area contributed by atoms with Gasteiger partial charge in [-0.1, -0.05) is 30.3 Å². The van der Waals surface area contributed by atoms with E-state index in [9.17, 15) is 9.90 Å². The van der Waals surface area contributed by atoms with Crippen molar-refractivity contribution in [3.05, 3.63) is 35.9 Å². The van der Waals surface area contributed by atoms with Gasteiger partial charge in [-0.2, -0.15) is 0 Å². The normalized spacial score (nSPS) is 31.9. The molecule has 4 rings (SSSR count). The van der Waals surface area contributed by atoms with Crippen LogP contribution in [0.2, 0.25) is 0 Å². The van der Waals surface area contributed by atoms with E-state index in [0.29, 0.717) is 17.4 Å². The minimum atomic E-state index is -0.641. The predicted molar refractivity (Wildman–Crippen MR) is 89.5 cm³/mol. The molecule has 1 aliphatic heterocycles. The first-order valence-electron chi connectivity index (χ1n) is 8.92. The van der Waals surface area contributed by atoms with Crippen molar-refractivity contribution in [1.29, 1.82) is 0 Å². The number of nitrogens with zero attached hydrogens (tertiary/aromatic N) is 1. The highest BCUT2D eigenvalue weighted by atomic mass is 16.4. The number of likely N-dealkylation sites (tertiary alicyclic amines) is 1. The van der Waals surface area contributed by atoms with Gasteiger partial charge in [-0.3, -0.25) is 9.69 Å². The fraction of sp³-hybridized carbons (Fsp3) is 0.632. The zero-order valence-electron chi connectivity index (χ0n) is 13.6. The lowest BCUT2D eigenvalue weighted by Crippen LogP contribution is -2.42. The summed E-state index contributed by atoms with van der Waals surface area (Å²) in [6, 6.07) is 11.1. The third-order valence-electron chi connectivity index (χ3n) is 5.90. The third-order valence-corrected chi connectivity index (χ3v) is 5.90. The fourth-order valence-electron chi connectivity index (χ4n) is 4.13. The zero-order valence-corrected chi connectivity index (χ0v) is 13.6. The Morgan fingerprint density at radius 1 is 1.30 bits per heavy atom. The number of nitrogens with one attached hydrogen (secondary N) is 1. The van der Waals surface area contributed by atoms with Crippen molar-refractivity contribution in [1.82, 2.24) is 10.2 Å². The van der Waals surface area contributed by atoms with Crippen molar-refractivity contribution in [3.63, 3.8) is 0 Å². The number of aliphatic carboxylic acids is 1. The van der Waals surface area contributed by atoms with E-state index in [4.69, 9.17) is 0 Å². The molecule has 0 aromatic heterocycles. The highest BCUT2D eigenvalue weighted by molar-refractivity contribution is 5.73. The Labute approximate surface area is 137 Å². The van der Waals surface area contributed by atoms with Gasteiger partial charge < -0.3 is 10.4 Å². The largest absolute Gasteiger partial charge is 0.480 e. The van der Waals surface area contributed by atoms with E-state index in [0.717, 1.165) is 32.5 Å². The predicted octanol–water partition coefficient (Wildman–Crippen LogP) is 2.46. The number of carboxylic acid groups (broad SMARTS) is 1. The molecule has 1 aromatic carbocycles. The molecule has 0 bridgehead atoms. The summed E-state index contributed by atoms with van der Waals surface area (Å²) in [4.78, 5) is 13.5. The molecule has 2 aliphatic carbocycles. The minimum absolute atomic E-state index is 0.245. The van der Waals surface area contributed by atoms with E-state index in [1.165, 1.54) is 24.8 Å². The van der Waals surface area contributed by atoms with E-state index >= 15 is 0 Å². The monoisotopic (exact) mass is 314 g/mol. The third kappa shape index (κ3) is 3.29. The standard InChI is InChI=1S/C19H26N2O2/c22-18(23)17-7-4-10-21(17)13-19(8-9-19)12-20-16-11-15(16)14-5-2-1-3-6-14/h1-3,5-6,15-17,20H,4,7-13H2,(H,22,23)/t15?,16?,17-/m1/s1. The Balaban J connectivity index is 1.28. The zero-order chi connectivity index (χ0) is 15.9. The van der Waals surface area contributed by atoms with Crippen LogP contribution in [-0.2, 0) is 4.79 Å². The molecule has 1 saturated heterocycles. The van der Waals surface area contributed by atoms with E-state index in [1.54, 1.807) is 0 Å². The summed E-state index contributed by atoms with van der Waals surface area (Å²) in [6.45, 7) is 2.96. The lowest BCUT2D eigenvalue weighted by Gasteiger charge is -2.27. The maximum Gasteiger partial charge on any atom is 0.320 e. The SMILES string of the molecule is O=C(O)[C@H]1CCCN1CC1(CNC2CC2c2ccccc2)CC1. The second-order valence-corrected chi connectivity index (χ2v) is 7.71. The Hall–Kier alpha value is -1.39. The Morgan fingerprint density at radius 2 is 2.09 bits per heavy atom. The number of carbonyl (C=O) groups is 1. The first kappa shape index (κ1) is 15.2. The second-order valence-electron chi connectivity index (χ2n) is 7.71. The number of carboxylic acids is 1. The quantitative estimate of drug-likeness (QED) is 0.812. The van der Waals surface area contributed by atoms with Gasteiger partial charge in [0.25, 0.3) is 0 Å². The average Bonchev–Trinajstić information content (AvgIpc) is 3.44. The molecule has 2 N–H and O–H groups in total. The molecule has 23 heavy (non-hydrogen) atoms. The first-order chi connectivity index (χ1) is 11.2.